The molecule has 1 amide bonds. The average molecular weight is 240 g/mol. The number of rotatable bonds is 2. The fourth-order valence-electron chi connectivity index (χ4n) is 2.02. The molecule has 2 rings (SSSR count). The molecular weight excluding hydrogens is 224 g/mol. The van der Waals surface area contributed by atoms with Crippen molar-refractivity contribution in [1.29, 1.82) is 0 Å². The van der Waals surface area contributed by atoms with Gasteiger partial charge in [0.15, 0.2) is 5.69 Å². The number of carbonyl (C=O) groups is 1. The van der Waals surface area contributed by atoms with Crippen molar-refractivity contribution in [2.75, 3.05) is 0 Å². The molecule has 0 aromatic carbocycles. The van der Waals surface area contributed by atoms with Crippen LogP contribution in [0.1, 0.15) is 42.6 Å². The Hall–Kier alpha value is -1.01. The van der Waals surface area contributed by atoms with Gasteiger partial charge in [0.2, 0.25) is 0 Å². The molecule has 0 saturated heterocycles. The molecule has 6 heteroatoms. The summed E-state index contributed by atoms with van der Waals surface area (Å²) in [5.74, 6) is -0.156. The highest BCUT2D eigenvalue weighted by Crippen LogP contribution is 2.17. The molecule has 1 aliphatic carbocycles. The molecule has 1 heterocycles. The van der Waals surface area contributed by atoms with Crippen molar-refractivity contribution in [3.05, 3.63) is 11.9 Å². The summed E-state index contributed by atoms with van der Waals surface area (Å²) in [6.45, 7) is 0. The van der Waals surface area contributed by atoms with E-state index in [-0.39, 0.29) is 18.0 Å². The minimum atomic E-state index is -0.156. The summed E-state index contributed by atoms with van der Waals surface area (Å²) in [5.41, 5.74) is 6.42. The molecule has 0 bridgehead atoms. The minimum Gasteiger partial charge on any atom is -0.346 e. The lowest BCUT2D eigenvalue weighted by Crippen LogP contribution is -2.47. The lowest BCUT2D eigenvalue weighted by Gasteiger charge is -2.21. The highest BCUT2D eigenvalue weighted by Gasteiger charge is 2.23. The maximum Gasteiger partial charge on any atom is 0.272 e. The molecule has 1 aromatic heterocycles. The van der Waals surface area contributed by atoms with E-state index in [1.54, 1.807) is 0 Å². The highest BCUT2D eigenvalue weighted by atomic mass is 32.1. The fourth-order valence-corrected chi connectivity index (χ4v) is 2.43. The first kappa shape index (κ1) is 11.5. The molecule has 2 atom stereocenters. The van der Waals surface area contributed by atoms with Gasteiger partial charge in [-0.05, 0) is 12.8 Å². The molecule has 1 fully saturated rings. The number of nitrogens with two attached hydrogens (primary N) is 1. The molecule has 2 unspecified atom stereocenters. The Morgan fingerprint density at radius 1 is 1.44 bits per heavy atom. The van der Waals surface area contributed by atoms with Crippen LogP contribution in [-0.2, 0) is 0 Å². The van der Waals surface area contributed by atoms with Crippen molar-refractivity contribution in [3.63, 3.8) is 0 Å². The third kappa shape index (κ3) is 2.76. The van der Waals surface area contributed by atoms with E-state index < -0.39 is 0 Å². The molecular formula is C10H16N4OS. The topological polar surface area (TPSA) is 80.9 Å². The van der Waals surface area contributed by atoms with E-state index in [4.69, 9.17) is 5.73 Å². The number of hydrogen-bond donors (Lipinski definition) is 2. The summed E-state index contributed by atoms with van der Waals surface area (Å²) in [4.78, 5) is 11.8. The largest absolute Gasteiger partial charge is 0.346 e. The molecule has 0 radical (unpaired) electrons. The molecule has 1 aromatic rings. The van der Waals surface area contributed by atoms with E-state index in [1.807, 2.05) is 0 Å². The third-order valence-electron chi connectivity index (χ3n) is 2.98. The zero-order valence-electron chi connectivity index (χ0n) is 9.06. The number of nitrogens with one attached hydrogen (secondary N) is 1. The quantitative estimate of drug-likeness (QED) is 0.753. The zero-order valence-corrected chi connectivity index (χ0v) is 9.87. The van der Waals surface area contributed by atoms with Crippen LogP contribution in [0.5, 0.6) is 0 Å². The van der Waals surface area contributed by atoms with E-state index in [0.717, 1.165) is 37.4 Å². The molecule has 1 aliphatic rings. The Kier molecular flexibility index (Phi) is 3.84. The van der Waals surface area contributed by atoms with Crippen molar-refractivity contribution in [2.45, 2.75) is 44.2 Å². The first-order chi connectivity index (χ1) is 7.77. The van der Waals surface area contributed by atoms with E-state index in [2.05, 4.69) is 14.1 Å². The van der Waals surface area contributed by atoms with Crippen molar-refractivity contribution in [1.82, 2.24) is 14.1 Å². The second-order valence-corrected chi connectivity index (χ2v) is 4.73. The Morgan fingerprint density at radius 2 is 2.25 bits per heavy atom. The lowest BCUT2D eigenvalue weighted by molar-refractivity contribution is 0.0924. The number of aromatic nitrogens is 2. The van der Waals surface area contributed by atoms with Gasteiger partial charge in [-0.25, -0.2) is 0 Å². The summed E-state index contributed by atoms with van der Waals surface area (Å²) in [6, 6.07) is 0.148. The van der Waals surface area contributed by atoms with Gasteiger partial charge < -0.3 is 11.1 Å². The van der Waals surface area contributed by atoms with Crippen LogP contribution < -0.4 is 11.1 Å². The van der Waals surface area contributed by atoms with Crippen LogP contribution in [-0.4, -0.2) is 26.7 Å². The van der Waals surface area contributed by atoms with Gasteiger partial charge in [-0.3, -0.25) is 4.79 Å². The van der Waals surface area contributed by atoms with Gasteiger partial charge in [-0.1, -0.05) is 19.3 Å². The Balaban J connectivity index is 1.95. The van der Waals surface area contributed by atoms with Gasteiger partial charge >= 0.3 is 0 Å². The first-order valence-electron chi connectivity index (χ1n) is 5.61. The van der Waals surface area contributed by atoms with E-state index >= 15 is 0 Å². The van der Waals surface area contributed by atoms with Crippen molar-refractivity contribution in [2.24, 2.45) is 5.73 Å². The number of amides is 1. The molecule has 1 saturated carbocycles. The Bertz CT molecular complexity index is 341. The second kappa shape index (κ2) is 5.36. The summed E-state index contributed by atoms with van der Waals surface area (Å²) in [6.07, 6.45) is 6.94. The maximum atomic E-state index is 11.8. The van der Waals surface area contributed by atoms with Crippen LogP contribution in [0.25, 0.3) is 0 Å². The van der Waals surface area contributed by atoms with Crippen LogP contribution >= 0.6 is 11.7 Å². The molecule has 0 spiro atoms. The highest BCUT2D eigenvalue weighted by molar-refractivity contribution is 6.99. The molecule has 0 aliphatic heterocycles. The predicted molar refractivity (Wildman–Crippen MR) is 62.2 cm³/mol. The van der Waals surface area contributed by atoms with Crippen molar-refractivity contribution < 1.29 is 4.79 Å². The normalized spacial score (nSPS) is 26.1. The number of carbonyl (C=O) groups excluding carboxylic acids is 1. The minimum absolute atomic E-state index is 0.0676. The zero-order chi connectivity index (χ0) is 11.4. The Morgan fingerprint density at radius 3 is 3.00 bits per heavy atom. The SMILES string of the molecule is NC1CCCCCC1NC(=O)c1cnsn1. The second-order valence-electron chi connectivity index (χ2n) is 4.17. The fraction of sp³-hybridized carbons (Fsp3) is 0.700. The summed E-state index contributed by atoms with van der Waals surface area (Å²) in [7, 11) is 0. The number of nitrogens with zero attached hydrogens (tertiary/aromatic N) is 2. The summed E-state index contributed by atoms with van der Waals surface area (Å²) >= 11 is 1.04. The maximum absolute atomic E-state index is 11.8. The van der Waals surface area contributed by atoms with Crippen LogP contribution in [0, 0.1) is 0 Å². The number of hydrogen-bond acceptors (Lipinski definition) is 5. The van der Waals surface area contributed by atoms with Crippen LogP contribution in [0.3, 0.4) is 0 Å². The van der Waals surface area contributed by atoms with Gasteiger partial charge in [0.25, 0.3) is 5.91 Å². The van der Waals surface area contributed by atoms with E-state index in [1.165, 1.54) is 12.6 Å². The van der Waals surface area contributed by atoms with Gasteiger partial charge in [-0.2, -0.15) is 8.75 Å². The Labute approximate surface area is 98.8 Å². The van der Waals surface area contributed by atoms with Gasteiger partial charge in [0, 0.05) is 12.1 Å². The summed E-state index contributed by atoms with van der Waals surface area (Å²) in [5, 5.41) is 2.95. The lowest BCUT2D eigenvalue weighted by atomic mass is 10.0. The van der Waals surface area contributed by atoms with Crippen molar-refractivity contribution in [3.8, 4) is 0 Å². The van der Waals surface area contributed by atoms with Gasteiger partial charge in [0.05, 0.1) is 17.9 Å². The van der Waals surface area contributed by atoms with E-state index in [0.29, 0.717) is 5.69 Å². The van der Waals surface area contributed by atoms with Crippen molar-refractivity contribution >= 4 is 17.6 Å². The molecule has 5 nitrogen and oxygen atoms in total. The third-order valence-corrected chi connectivity index (χ3v) is 3.46. The van der Waals surface area contributed by atoms with Gasteiger partial charge in [-0.15, -0.1) is 0 Å². The molecule has 16 heavy (non-hydrogen) atoms. The average Bonchev–Trinajstić information content (AvgIpc) is 2.73. The molecule has 3 N–H and O–H groups in total. The first-order valence-corrected chi connectivity index (χ1v) is 6.34. The van der Waals surface area contributed by atoms with Crippen LogP contribution in [0.15, 0.2) is 6.20 Å². The predicted octanol–water partition coefficient (Wildman–Crippen LogP) is 0.928. The van der Waals surface area contributed by atoms with Crippen LogP contribution in [0.2, 0.25) is 0 Å². The van der Waals surface area contributed by atoms with E-state index in [9.17, 15) is 4.79 Å². The molecule has 88 valence electrons. The standard InChI is InChI=1S/C10H16N4OS/c11-7-4-2-1-3-5-8(7)13-10(15)9-6-12-16-14-9/h6-8H,1-5,11H2,(H,13,15). The smallest absolute Gasteiger partial charge is 0.272 e. The van der Waals surface area contributed by atoms with Gasteiger partial charge in [0.1, 0.15) is 0 Å². The monoisotopic (exact) mass is 240 g/mol. The van der Waals surface area contributed by atoms with Crippen LogP contribution in [0.4, 0.5) is 0 Å². The summed E-state index contributed by atoms with van der Waals surface area (Å²) < 4.78 is 7.72.